The molecular formula is C11H14O4. The molecule has 4 nitrogen and oxygen atoms in total. The van der Waals surface area contributed by atoms with Gasteiger partial charge in [0, 0.05) is 12.0 Å². The van der Waals surface area contributed by atoms with Crippen LogP contribution in [0.25, 0.3) is 0 Å². The third-order valence-corrected chi connectivity index (χ3v) is 3.18. The highest BCUT2D eigenvalue weighted by atomic mass is 16.5. The lowest BCUT2D eigenvalue weighted by Gasteiger charge is -2.27. The molecule has 3 atom stereocenters. The Kier molecular flexibility index (Phi) is 2.61. The van der Waals surface area contributed by atoms with Gasteiger partial charge in [-0.1, -0.05) is 6.58 Å². The van der Waals surface area contributed by atoms with Crippen LogP contribution in [-0.4, -0.2) is 29.1 Å². The van der Waals surface area contributed by atoms with Crippen LogP contribution in [0.3, 0.4) is 0 Å². The molecule has 0 aromatic heterocycles. The van der Waals surface area contributed by atoms with E-state index in [4.69, 9.17) is 9.84 Å². The number of aliphatic carboxylic acids is 1. The summed E-state index contributed by atoms with van der Waals surface area (Å²) in [4.78, 5) is 22.2. The van der Waals surface area contributed by atoms with Crippen molar-refractivity contribution in [3.05, 3.63) is 12.2 Å². The summed E-state index contributed by atoms with van der Waals surface area (Å²) in [5, 5.41) is 8.72. The van der Waals surface area contributed by atoms with Gasteiger partial charge < -0.3 is 9.84 Å². The quantitative estimate of drug-likeness (QED) is 0.710. The Morgan fingerprint density at radius 1 is 1.53 bits per heavy atom. The zero-order valence-corrected chi connectivity index (χ0v) is 8.44. The SMILES string of the molecule is C=C(CC1CCC2CC(=O)C1O2)C(=O)O. The molecule has 0 amide bonds. The van der Waals surface area contributed by atoms with E-state index in [0.29, 0.717) is 12.8 Å². The summed E-state index contributed by atoms with van der Waals surface area (Å²) in [7, 11) is 0. The number of ether oxygens (including phenoxy) is 1. The van der Waals surface area contributed by atoms with Crippen LogP contribution in [0.15, 0.2) is 12.2 Å². The van der Waals surface area contributed by atoms with E-state index in [0.717, 1.165) is 12.8 Å². The first-order chi connectivity index (χ1) is 7.08. The first-order valence-electron chi connectivity index (χ1n) is 5.17. The Balaban J connectivity index is 2.01. The van der Waals surface area contributed by atoms with Gasteiger partial charge in [0.2, 0.25) is 0 Å². The minimum atomic E-state index is -0.984. The van der Waals surface area contributed by atoms with Crippen LogP contribution in [0.5, 0.6) is 0 Å². The van der Waals surface area contributed by atoms with Gasteiger partial charge in [-0.25, -0.2) is 4.79 Å². The summed E-state index contributed by atoms with van der Waals surface area (Å²) in [6, 6.07) is 0. The summed E-state index contributed by atoms with van der Waals surface area (Å²) in [5.74, 6) is -0.844. The molecule has 3 unspecified atom stereocenters. The first kappa shape index (κ1) is 10.4. The van der Waals surface area contributed by atoms with E-state index >= 15 is 0 Å². The van der Waals surface area contributed by atoms with E-state index < -0.39 is 5.97 Å². The van der Waals surface area contributed by atoms with Crippen LogP contribution in [0, 0.1) is 5.92 Å². The molecule has 0 aromatic carbocycles. The molecule has 1 N–H and O–H groups in total. The molecule has 2 saturated heterocycles. The van der Waals surface area contributed by atoms with Crippen molar-refractivity contribution >= 4 is 11.8 Å². The molecule has 2 bridgehead atoms. The van der Waals surface area contributed by atoms with Gasteiger partial charge in [-0.3, -0.25) is 4.79 Å². The number of hydrogen-bond donors (Lipinski definition) is 1. The van der Waals surface area contributed by atoms with Crippen molar-refractivity contribution < 1.29 is 19.4 Å². The maximum Gasteiger partial charge on any atom is 0.330 e. The van der Waals surface area contributed by atoms with E-state index in [2.05, 4.69) is 6.58 Å². The second-order valence-corrected chi connectivity index (χ2v) is 4.30. The van der Waals surface area contributed by atoms with Crippen molar-refractivity contribution in [3.8, 4) is 0 Å². The van der Waals surface area contributed by atoms with Crippen molar-refractivity contribution in [3.63, 3.8) is 0 Å². The fourth-order valence-electron chi connectivity index (χ4n) is 2.38. The van der Waals surface area contributed by atoms with Crippen LogP contribution in [0.2, 0.25) is 0 Å². The van der Waals surface area contributed by atoms with Gasteiger partial charge in [-0.05, 0) is 25.2 Å². The molecule has 2 heterocycles. The molecule has 0 spiro atoms. The van der Waals surface area contributed by atoms with Crippen LogP contribution in [0.4, 0.5) is 0 Å². The van der Waals surface area contributed by atoms with Crippen molar-refractivity contribution in [2.24, 2.45) is 5.92 Å². The van der Waals surface area contributed by atoms with E-state index in [-0.39, 0.29) is 29.5 Å². The fourth-order valence-corrected chi connectivity index (χ4v) is 2.38. The average molecular weight is 210 g/mol. The maximum absolute atomic E-state index is 11.5. The third-order valence-electron chi connectivity index (χ3n) is 3.18. The second-order valence-electron chi connectivity index (χ2n) is 4.30. The number of carboxylic acid groups (broad SMARTS) is 1. The Hall–Kier alpha value is -1.16. The molecule has 0 saturated carbocycles. The summed E-state index contributed by atoms with van der Waals surface area (Å²) >= 11 is 0. The molecule has 2 rings (SSSR count). The standard InChI is InChI=1S/C11H14O4/c1-6(11(13)14)4-7-2-3-8-5-9(12)10(7)15-8/h7-8,10H,1-5H2,(H,13,14). The minimum absolute atomic E-state index is 0.0137. The number of fused-ring (bicyclic) bond motifs is 2. The van der Waals surface area contributed by atoms with Crippen molar-refractivity contribution in [2.45, 2.75) is 37.9 Å². The average Bonchev–Trinajstić information content (AvgIpc) is 2.48. The highest BCUT2D eigenvalue weighted by Gasteiger charge is 2.43. The third kappa shape index (κ3) is 1.95. The molecule has 15 heavy (non-hydrogen) atoms. The molecule has 0 radical (unpaired) electrons. The lowest BCUT2D eigenvalue weighted by molar-refractivity contribution is -0.134. The zero-order chi connectivity index (χ0) is 11.0. The lowest BCUT2D eigenvalue weighted by atomic mass is 9.89. The molecule has 4 heteroatoms. The molecule has 2 fully saturated rings. The van der Waals surface area contributed by atoms with Crippen LogP contribution in [-0.2, 0) is 14.3 Å². The lowest BCUT2D eigenvalue weighted by Crippen LogP contribution is -2.31. The van der Waals surface area contributed by atoms with Crippen molar-refractivity contribution in [1.82, 2.24) is 0 Å². The number of carboxylic acids is 1. The number of ketones is 1. The topological polar surface area (TPSA) is 63.6 Å². The van der Waals surface area contributed by atoms with Crippen LogP contribution in [0.1, 0.15) is 25.7 Å². The highest BCUT2D eigenvalue weighted by molar-refractivity contribution is 5.87. The van der Waals surface area contributed by atoms with Crippen molar-refractivity contribution in [1.29, 1.82) is 0 Å². The smallest absolute Gasteiger partial charge is 0.330 e. The predicted molar refractivity (Wildman–Crippen MR) is 52.4 cm³/mol. The van der Waals surface area contributed by atoms with Crippen molar-refractivity contribution in [2.75, 3.05) is 0 Å². The van der Waals surface area contributed by atoms with Gasteiger partial charge in [0.15, 0.2) is 5.78 Å². The van der Waals surface area contributed by atoms with E-state index in [1.54, 1.807) is 0 Å². The number of hydrogen-bond acceptors (Lipinski definition) is 3. The number of carbonyl (C=O) groups is 2. The summed E-state index contributed by atoms with van der Waals surface area (Å²) in [6.07, 6.45) is 2.29. The Bertz CT molecular complexity index is 321. The zero-order valence-electron chi connectivity index (χ0n) is 8.44. The van der Waals surface area contributed by atoms with Gasteiger partial charge in [0.25, 0.3) is 0 Å². The van der Waals surface area contributed by atoms with Crippen LogP contribution < -0.4 is 0 Å². The van der Waals surface area contributed by atoms with E-state index in [1.807, 2.05) is 0 Å². The molecule has 0 aliphatic carbocycles. The summed E-state index contributed by atoms with van der Waals surface area (Å²) in [6.45, 7) is 3.49. The van der Waals surface area contributed by atoms with Gasteiger partial charge >= 0.3 is 5.97 Å². The van der Waals surface area contributed by atoms with Gasteiger partial charge in [0.05, 0.1) is 6.10 Å². The normalized spacial score (nSPS) is 34.1. The molecular weight excluding hydrogens is 196 g/mol. The number of carbonyl (C=O) groups excluding carboxylic acids is 1. The van der Waals surface area contributed by atoms with Gasteiger partial charge in [-0.15, -0.1) is 0 Å². The first-order valence-corrected chi connectivity index (χ1v) is 5.17. The molecule has 2 aliphatic rings. The predicted octanol–water partition coefficient (Wildman–Crippen LogP) is 1.15. The monoisotopic (exact) mass is 210 g/mol. The largest absolute Gasteiger partial charge is 0.478 e. The fraction of sp³-hybridized carbons (Fsp3) is 0.636. The molecule has 0 aromatic rings. The van der Waals surface area contributed by atoms with Gasteiger partial charge in [-0.2, -0.15) is 0 Å². The minimum Gasteiger partial charge on any atom is -0.478 e. The van der Waals surface area contributed by atoms with E-state index in [9.17, 15) is 9.59 Å². The molecule has 2 aliphatic heterocycles. The molecule has 82 valence electrons. The van der Waals surface area contributed by atoms with Crippen LogP contribution >= 0.6 is 0 Å². The maximum atomic E-state index is 11.5. The van der Waals surface area contributed by atoms with E-state index in [1.165, 1.54) is 0 Å². The Labute approximate surface area is 87.9 Å². The summed E-state index contributed by atoms with van der Waals surface area (Å²) in [5.41, 5.74) is 0.168. The summed E-state index contributed by atoms with van der Waals surface area (Å²) < 4.78 is 5.52. The number of Topliss-reactive ketones (excluding diaryl/α,β-unsaturated/α-hetero) is 1. The van der Waals surface area contributed by atoms with Gasteiger partial charge in [0.1, 0.15) is 6.10 Å². The Morgan fingerprint density at radius 2 is 2.27 bits per heavy atom. The second kappa shape index (κ2) is 3.77. The number of rotatable bonds is 3. The Morgan fingerprint density at radius 3 is 2.93 bits per heavy atom. The highest BCUT2D eigenvalue weighted by Crippen LogP contribution is 2.37.